The van der Waals surface area contributed by atoms with E-state index in [0.717, 1.165) is 23.3 Å². The summed E-state index contributed by atoms with van der Waals surface area (Å²) in [6.45, 7) is 6.47. The predicted molar refractivity (Wildman–Crippen MR) is 109 cm³/mol. The van der Waals surface area contributed by atoms with Gasteiger partial charge in [0, 0.05) is 18.5 Å². The van der Waals surface area contributed by atoms with E-state index in [1.54, 1.807) is 0 Å². The van der Waals surface area contributed by atoms with Gasteiger partial charge < -0.3 is 15.8 Å². The first-order chi connectivity index (χ1) is 11.9. The highest BCUT2D eigenvalue weighted by Crippen LogP contribution is 2.15. The molecule has 0 fully saturated rings. The van der Waals surface area contributed by atoms with Crippen LogP contribution in [-0.2, 0) is 17.8 Å². The molecule has 2 atom stereocenters. The van der Waals surface area contributed by atoms with Crippen LogP contribution in [0.2, 0.25) is 0 Å². The summed E-state index contributed by atoms with van der Waals surface area (Å²) in [7, 11) is 0. The monoisotopic (exact) mass is 376 g/mol. The maximum Gasteiger partial charge on any atom is 0.221 e. The Kier molecular flexibility index (Phi) is 9.17. The van der Waals surface area contributed by atoms with Gasteiger partial charge in [-0.2, -0.15) is 0 Å². The van der Waals surface area contributed by atoms with E-state index < -0.39 is 0 Å². The second kappa shape index (κ2) is 10.8. The number of nitrogens with two attached hydrogens (primary N) is 1. The molecule has 0 heterocycles. The van der Waals surface area contributed by atoms with Crippen LogP contribution in [0.15, 0.2) is 48.5 Å². The molecule has 5 heteroatoms. The van der Waals surface area contributed by atoms with Gasteiger partial charge in [0.2, 0.25) is 5.91 Å². The summed E-state index contributed by atoms with van der Waals surface area (Å²) in [5, 5.41) is 2.98. The SMILES string of the molecule is Cc1ccc(COc2ccc(CC(C)NC(=O)CC(C)N)cc2)cc1.Cl. The fourth-order valence-corrected chi connectivity index (χ4v) is 2.60. The fraction of sp³-hybridized carbons (Fsp3) is 0.381. The van der Waals surface area contributed by atoms with Gasteiger partial charge in [-0.05, 0) is 50.5 Å². The molecule has 0 spiro atoms. The minimum absolute atomic E-state index is 0. The van der Waals surface area contributed by atoms with Crippen molar-refractivity contribution in [2.75, 3.05) is 0 Å². The molecule has 26 heavy (non-hydrogen) atoms. The van der Waals surface area contributed by atoms with E-state index in [4.69, 9.17) is 10.5 Å². The lowest BCUT2D eigenvalue weighted by atomic mass is 10.1. The number of carbonyl (C=O) groups is 1. The smallest absolute Gasteiger partial charge is 0.221 e. The average molecular weight is 377 g/mol. The molecule has 1 amide bonds. The fourth-order valence-electron chi connectivity index (χ4n) is 2.60. The average Bonchev–Trinajstić information content (AvgIpc) is 2.54. The Bertz CT molecular complexity index is 669. The van der Waals surface area contributed by atoms with E-state index >= 15 is 0 Å². The van der Waals surface area contributed by atoms with Crippen molar-refractivity contribution in [3.05, 3.63) is 65.2 Å². The van der Waals surface area contributed by atoms with Crippen molar-refractivity contribution in [2.24, 2.45) is 5.73 Å². The predicted octanol–water partition coefficient (Wildman–Crippen LogP) is 3.78. The van der Waals surface area contributed by atoms with Crippen molar-refractivity contribution in [1.29, 1.82) is 0 Å². The standard InChI is InChI=1S/C21H28N2O2.ClH/c1-15-4-6-19(7-5-15)14-25-20-10-8-18(9-11-20)13-17(3)23-21(24)12-16(2)22;/h4-11,16-17H,12-14,22H2,1-3H3,(H,23,24);1H. The van der Waals surface area contributed by atoms with Crippen molar-refractivity contribution >= 4 is 18.3 Å². The zero-order valence-corrected chi connectivity index (χ0v) is 16.5. The van der Waals surface area contributed by atoms with E-state index in [2.05, 4.69) is 36.5 Å². The molecule has 0 saturated heterocycles. The van der Waals surface area contributed by atoms with Crippen molar-refractivity contribution in [2.45, 2.75) is 52.3 Å². The number of nitrogens with one attached hydrogen (secondary N) is 1. The maximum absolute atomic E-state index is 11.7. The summed E-state index contributed by atoms with van der Waals surface area (Å²) >= 11 is 0. The van der Waals surface area contributed by atoms with Gasteiger partial charge in [-0.3, -0.25) is 4.79 Å². The highest BCUT2D eigenvalue weighted by Gasteiger charge is 2.10. The van der Waals surface area contributed by atoms with Crippen molar-refractivity contribution in [3.63, 3.8) is 0 Å². The molecular weight excluding hydrogens is 348 g/mol. The lowest BCUT2D eigenvalue weighted by Gasteiger charge is -2.15. The Morgan fingerprint density at radius 2 is 1.62 bits per heavy atom. The van der Waals surface area contributed by atoms with Gasteiger partial charge in [-0.1, -0.05) is 42.0 Å². The summed E-state index contributed by atoms with van der Waals surface area (Å²) in [6, 6.07) is 16.3. The van der Waals surface area contributed by atoms with E-state index in [-0.39, 0.29) is 30.4 Å². The number of ether oxygens (including phenoxy) is 1. The number of aryl methyl sites for hydroxylation is 1. The molecule has 142 valence electrons. The van der Waals surface area contributed by atoms with Crippen LogP contribution in [0.1, 0.15) is 37.0 Å². The van der Waals surface area contributed by atoms with E-state index in [1.165, 1.54) is 5.56 Å². The Morgan fingerprint density at radius 3 is 2.19 bits per heavy atom. The van der Waals surface area contributed by atoms with Crippen LogP contribution in [0.5, 0.6) is 5.75 Å². The molecule has 2 aromatic rings. The first kappa shape index (κ1) is 22.0. The van der Waals surface area contributed by atoms with Crippen molar-refractivity contribution in [1.82, 2.24) is 5.32 Å². The molecule has 3 N–H and O–H groups in total. The minimum Gasteiger partial charge on any atom is -0.489 e. The van der Waals surface area contributed by atoms with Crippen LogP contribution in [-0.4, -0.2) is 18.0 Å². The zero-order chi connectivity index (χ0) is 18.2. The Labute approximate surface area is 162 Å². The van der Waals surface area contributed by atoms with Crippen molar-refractivity contribution < 1.29 is 9.53 Å². The molecule has 2 rings (SSSR count). The summed E-state index contributed by atoms with van der Waals surface area (Å²) in [5.41, 5.74) is 9.20. The van der Waals surface area contributed by atoms with Gasteiger partial charge in [0.25, 0.3) is 0 Å². The molecule has 0 saturated carbocycles. The quantitative estimate of drug-likeness (QED) is 0.736. The molecule has 4 nitrogen and oxygen atoms in total. The van der Waals surface area contributed by atoms with Crippen LogP contribution >= 0.6 is 12.4 Å². The Balaban J connectivity index is 0.00000338. The molecule has 0 aliphatic carbocycles. The molecule has 0 bridgehead atoms. The van der Waals surface area contributed by atoms with Gasteiger partial charge in [-0.15, -0.1) is 12.4 Å². The largest absolute Gasteiger partial charge is 0.489 e. The van der Waals surface area contributed by atoms with Crippen molar-refractivity contribution in [3.8, 4) is 5.75 Å². The lowest BCUT2D eigenvalue weighted by molar-refractivity contribution is -0.121. The molecule has 0 aliphatic rings. The van der Waals surface area contributed by atoms with Crippen LogP contribution in [0, 0.1) is 6.92 Å². The molecular formula is C21H29ClN2O2. The third-order valence-corrected chi connectivity index (χ3v) is 3.91. The van der Waals surface area contributed by atoms with Crippen LogP contribution in [0.4, 0.5) is 0 Å². The van der Waals surface area contributed by atoms with E-state index in [0.29, 0.717) is 13.0 Å². The molecule has 0 aliphatic heterocycles. The van der Waals surface area contributed by atoms with Crippen LogP contribution in [0.3, 0.4) is 0 Å². The number of benzene rings is 2. The van der Waals surface area contributed by atoms with Crippen LogP contribution < -0.4 is 15.8 Å². The summed E-state index contributed by atoms with van der Waals surface area (Å²) in [5.74, 6) is 0.846. The first-order valence-electron chi connectivity index (χ1n) is 8.74. The topological polar surface area (TPSA) is 64.3 Å². The van der Waals surface area contributed by atoms with Gasteiger partial charge in [0.15, 0.2) is 0 Å². The van der Waals surface area contributed by atoms with E-state index in [9.17, 15) is 4.79 Å². The second-order valence-corrected chi connectivity index (χ2v) is 6.77. The highest BCUT2D eigenvalue weighted by molar-refractivity contribution is 5.85. The molecule has 0 aromatic heterocycles. The highest BCUT2D eigenvalue weighted by atomic mass is 35.5. The zero-order valence-electron chi connectivity index (χ0n) is 15.7. The lowest BCUT2D eigenvalue weighted by Crippen LogP contribution is -2.37. The summed E-state index contributed by atoms with van der Waals surface area (Å²) < 4.78 is 5.82. The second-order valence-electron chi connectivity index (χ2n) is 6.77. The van der Waals surface area contributed by atoms with Gasteiger partial charge >= 0.3 is 0 Å². The van der Waals surface area contributed by atoms with Gasteiger partial charge in [0.1, 0.15) is 12.4 Å². The Hall–Kier alpha value is -2.04. The number of amides is 1. The summed E-state index contributed by atoms with van der Waals surface area (Å²) in [6.07, 6.45) is 1.14. The number of hydrogen-bond acceptors (Lipinski definition) is 3. The molecule has 0 radical (unpaired) electrons. The number of carbonyl (C=O) groups excluding carboxylic acids is 1. The van der Waals surface area contributed by atoms with Crippen LogP contribution in [0.25, 0.3) is 0 Å². The number of hydrogen-bond donors (Lipinski definition) is 2. The third-order valence-electron chi connectivity index (χ3n) is 3.91. The molecule has 2 unspecified atom stereocenters. The normalized spacial score (nSPS) is 12.6. The Morgan fingerprint density at radius 1 is 1.04 bits per heavy atom. The minimum atomic E-state index is -0.114. The number of halogens is 1. The number of rotatable bonds is 8. The molecule has 2 aromatic carbocycles. The van der Waals surface area contributed by atoms with E-state index in [1.807, 2.05) is 38.1 Å². The van der Waals surface area contributed by atoms with Gasteiger partial charge in [0.05, 0.1) is 0 Å². The third kappa shape index (κ3) is 7.89. The maximum atomic E-state index is 11.7. The summed E-state index contributed by atoms with van der Waals surface area (Å²) in [4.78, 5) is 11.7. The first-order valence-corrected chi connectivity index (χ1v) is 8.74. The van der Waals surface area contributed by atoms with Gasteiger partial charge in [-0.25, -0.2) is 0 Å².